The number of carbonyl (C=O) groups is 4. The van der Waals surface area contributed by atoms with E-state index in [1.807, 2.05) is 0 Å². The Kier molecular flexibility index (Phi) is 13.5. The van der Waals surface area contributed by atoms with Crippen molar-refractivity contribution in [2.24, 2.45) is 22.4 Å². The van der Waals surface area contributed by atoms with Gasteiger partial charge in [-0.25, -0.2) is 14.6 Å². The number of carboxylic acid groups (broad SMARTS) is 2. The van der Waals surface area contributed by atoms with Gasteiger partial charge in [0.05, 0.1) is 18.7 Å². The zero-order valence-electron chi connectivity index (χ0n) is 20.5. The van der Waals surface area contributed by atoms with Crippen LogP contribution in [-0.2, 0) is 23.9 Å². The zero-order chi connectivity index (χ0) is 30.0. The number of aliphatic carboxylic acids is 2. The van der Waals surface area contributed by atoms with Crippen molar-refractivity contribution in [3.05, 3.63) is 11.8 Å². The Hall–Kier alpha value is -3.64. The fourth-order valence-electron chi connectivity index (χ4n) is 3.06. The van der Waals surface area contributed by atoms with Crippen LogP contribution < -0.4 is 22.1 Å². The first kappa shape index (κ1) is 34.4. The number of halogens is 3. The Morgan fingerprint density at radius 1 is 1.16 bits per heavy atom. The molecule has 0 aromatic carbocycles. The summed E-state index contributed by atoms with van der Waals surface area (Å²) in [5, 5.41) is 50.7. The Morgan fingerprint density at radius 3 is 2.05 bits per heavy atom. The molecule has 218 valence electrons. The van der Waals surface area contributed by atoms with E-state index in [4.69, 9.17) is 26.1 Å². The Balaban J connectivity index is 0.00000171. The zero-order valence-corrected chi connectivity index (χ0v) is 20.5. The third kappa shape index (κ3) is 11.6. The smallest absolute Gasteiger partial charge is 0.480 e. The molecule has 2 amide bonds. The maximum absolute atomic E-state index is 12.7. The van der Waals surface area contributed by atoms with Crippen LogP contribution in [0.25, 0.3) is 0 Å². The first-order valence-corrected chi connectivity index (χ1v) is 10.9. The van der Waals surface area contributed by atoms with Crippen molar-refractivity contribution in [1.29, 1.82) is 0 Å². The van der Waals surface area contributed by atoms with Gasteiger partial charge in [0, 0.05) is 6.92 Å². The molecule has 0 saturated heterocycles. The quantitative estimate of drug-likeness (QED) is 0.0983. The molecule has 18 heteroatoms. The van der Waals surface area contributed by atoms with Crippen LogP contribution in [0.3, 0.4) is 0 Å². The van der Waals surface area contributed by atoms with Gasteiger partial charge in [0.2, 0.25) is 5.91 Å². The largest absolute Gasteiger partial charge is 0.490 e. The molecule has 0 spiro atoms. The number of alkyl halides is 3. The number of hydrogen-bond acceptors (Lipinski definition) is 9. The first-order valence-electron chi connectivity index (χ1n) is 10.9. The van der Waals surface area contributed by atoms with Crippen molar-refractivity contribution >= 4 is 29.7 Å². The van der Waals surface area contributed by atoms with Crippen molar-refractivity contribution in [2.45, 2.75) is 69.8 Å². The van der Waals surface area contributed by atoms with E-state index >= 15 is 0 Å². The van der Waals surface area contributed by atoms with E-state index in [1.165, 1.54) is 13.0 Å². The number of nitrogens with one attached hydrogen (secondary N) is 2. The van der Waals surface area contributed by atoms with Crippen molar-refractivity contribution in [3.63, 3.8) is 0 Å². The van der Waals surface area contributed by atoms with Crippen LogP contribution in [0.4, 0.5) is 13.2 Å². The molecule has 0 radical (unpaired) electrons. The molecule has 0 aromatic heterocycles. The molecule has 1 aliphatic rings. The van der Waals surface area contributed by atoms with Gasteiger partial charge < -0.3 is 52.4 Å². The van der Waals surface area contributed by atoms with E-state index in [9.17, 15) is 48.0 Å². The number of carbonyl (C=O) groups excluding carboxylic acids is 2. The van der Waals surface area contributed by atoms with Crippen LogP contribution >= 0.6 is 0 Å². The van der Waals surface area contributed by atoms with Crippen molar-refractivity contribution < 1.29 is 62.6 Å². The van der Waals surface area contributed by atoms with E-state index in [0.717, 1.165) is 0 Å². The highest BCUT2D eigenvalue weighted by molar-refractivity contribution is 5.94. The van der Waals surface area contributed by atoms with Crippen molar-refractivity contribution in [2.75, 3.05) is 6.61 Å². The predicted octanol–water partition coefficient (Wildman–Crippen LogP) is -2.62. The number of ether oxygens (including phenoxy) is 1. The lowest BCUT2D eigenvalue weighted by Gasteiger charge is -2.39. The van der Waals surface area contributed by atoms with Gasteiger partial charge in [0.25, 0.3) is 5.91 Å². The van der Waals surface area contributed by atoms with Gasteiger partial charge in [0.15, 0.2) is 11.7 Å². The number of guanidine groups is 1. The number of carboxylic acids is 2. The third-order valence-corrected chi connectivity index (χ3v) is 4.67. The normalized spacial score (nSPS) is 21.3. The molecule has 0 fully saturated rings. The SMILES string of the molecule is CC(=O)N[C@H]1[C@H]([C@H](O)[C@H](O)CO)OC(C(=O)N[C@@H](CC(C)C)C(=O)O)=C[C@@H]1N=C(N)N.O=C(O)C(F)(F)F. The number of nitrogens with zero attached hydrogens (tertiary/aromatic N) is 1. The Labute approximate surface area is 214 Å². The van der Waals surface area contributed by atoms with Crippen LogP contribution in [-0.4, -0.2) is 104 Å². The monoisotopic (exact) mass is 559 g/mol. The fourth-order valence-corrected chi connectivity index (χ4v) is 3.06. The summed E-state index contributed by atoms with van der Waals surface area (Å²) in [6.45, 7) is 3.93. The van der Waals surface area contributed by atoms with Gasteiger partial charge in [-0.05, 0) is 18.4 Å². The number of aliphatic hydroxyl groups is 3. The molecule has 1 aliphatic heterocycles. The van der Waals surface area contributed by atoms with Crippen molar-refractivity contribution in [1.82, 2.24) is 10.6 Å². The molecule has 0 bridgehead atoms. The Morgan fingerprint density at radius 2 is 1.68 bits per heavy atom. The summed E-state index contributed by atoms with van der Waals surface area (Å²) in [6.07, 6.45) is -8.64. The molecule has 1 heterocycles. The summed E-state index contributed by atoms with van der Waals surface area (Å²) < 4.78 is 37.2. The summed E-state index contributed by atoms with van der Waals surface area (Å²) in [7, 11) is 0. The van der Waals surface area contributed by atoms with Crippen LogP contribution in [0.1, 0.15) is 27.2 Å². The van der Waals surface area contributed by atoms with Crippen LogP contribution in [0.2, 0.25) is 0 Å². The van der Waals surface area contributed by atoms with Gasteiger partial charge in [-0.3, -0.25) is 9.59 Å². The summed E-state index contributed by atoms with van der Waals surface area (Å²) in [4.78, 5) is 48.6. The number of aliphatic hydroxyl groups excluding tert-OH is 3. The second-order valence-corrected chi connectivity index (χ2v) is 8.42. The molecule has 11 N–H and O–H groups in total. The summed E-state index contributed by atoms with van der Waals surface area (Å²) in [5.74, 6) is -6.30. The van der Waals surface area contributed by atoms with Gasteiger partial charge in [-0.1, -0.05) is 13.8 Å². The average molecular weight is 559 g/mol. The highest BCUT2D eigenvalue weighted by atomic mass is 19.4. The second-order valence-electron chi connectivity index (χ2n) is 8.42. The maximum Gasteiger partial charge on any atom is 0.490 e. The van der Waals surface area contributed by atoms with Gasteiger partial charge in [-0.15, -0.1) is 0 Å². The maximum atomic E-state index is 12.7. The van der Waals surface area contributed by atoms with E-state index in [1.54, 1.807) is 13.8 Å². The molecule has 0 unspecified atom stereocenters. The number of hydrogen-bond donors (Lipinski definition) is 9. The van der Waals surface area contributed by atoms with Gasteiger partial charge in [0.1, 0.15) is 24.4 Å². The van der Waals surface area contributed by atoms with Crippen molar-refractivity contribution in [3.8, 4) is 0 Å². The minimum atomic E-state index is -5.08. The molecule has 0 aliphatic carbocycles. The summed E-state index contributed by atoms with van der Waals surface area (Å²) in [5.41, 5.74) is 10.9. The number of rotatable bonds is 10. The highest BCUT2D eigenvalue weighted by Gasteiger charge is 2.44. The second kappa shape index (κ2) is 14.9. The minimum absolute atomic E-state index is 0.0320. The third-order valence-electron chi connectivity index (χ3n) is 4.67. The van der Waals surface area contributed by atoms with Crippen LogP contribution in [0.5, 0.6) is 0 Å². The lowest BCUT2D eigenvalue weighted by atomic mass is 9.92. The topological polar surface area (TPSA) is 267 Å². The molecule has 0 aromatic rings. The molecule has 1 rings (SSSR count). The molecule has 38 heavy (non-hydrogen) atoms. The molecule has 6 atom stereocenters. The Bertz CT molecular complexity index is 908. The average Bonchev–Trinajstić information content (AvgIpc) is 2.77. The molecular weight excluding hydrogens is 527 g/mol. The van der Waals surface area contributed by atoms with E-state index in [-0.39, 0.29) is 12.3 Å². The number of nitrogens with two attached hydrogens (primary N) is 2. The molecular formula is C20H32F3N5O10. The van der Waals surface area contributed by atoms with E-state index < -0.39 is 84.7 Å². The van der Waals surface area contributed by atoms with E-state index in [2.05, 4.69) is 15.6 Å². The summed E-state index contributed by atoms with van der Waals surface area (Å²) in [6, 6.07) is -3.42. The standard InChI is InChI=1S/C18H31N5O8.C2HF3O2/c1-7(2)4-10(17(29)30)22-16(28)12-5-9(23-18(19)20)13(21-8(3)25)15(31-12)14(27)11(26)6-24;3-2(4,5)1(6)7/h5,7,9-11,13-15,24,26-27H,4,6H2,1-3H3,(H,21,25)(H,22,28)(H,29,30)(H4,19,20,23);(H,6,7)/t9-,10-,11+,13+,14+,15+;/m0./s1. The number of aliphatic imine (C=N–C) groups is 1. The highest BCUT2D eigenvalue weighted by Crippen LogP contribution is 2.25. The molecule has 15 nitrogen and oxygen atoms in total. The first-order chi connectivity index (χ1) is 17.3. The van der Waals surface area contributed by atoms with Gasteiger partial charge >= 0.3 is 18.1 Å². The predicted molar refractivity (Wildman–Crippen MR) is 122 cm³/mol. The fraction of sp³-hybridized carbons (Fsp3) is 0.650. The molecule has 0 saturated carbocycles. The lowest BCUT2D eigenvalue weighted by Crippen LogP contribution is -2.60. The summed E-state index contributed by atoms with van der Waals surface area (Å²) >= 11 is 0. The number of amides is 2. The van der Waals surface area contributed by atoms with Crippen LogP contribution in [0, 0.1) is 5.92 Å². The minimum Gasteiger partial charge on any atom is -0.480 e. The lowest BCUT2D eigenvalue weighted by molar-refractivity contribution is -0.192. The van der Waals surface area contributed by atoms with E-state index in [0.29, 0.717) is 0 Å². The van der Waals surface area contributed by atoms with Gasteiger partial charge in [-0.2, -0.15) is 13.2 Å². The van der Waals surface area contributed by atoms with Crippen LogP contribution in [0.15, 0.2) is 16.8 Å².